The summed E-state index contributed by atoms with van der Waals surface area (Å²) in [7, 11) is 1.53. The highest BCUT2D eigenvalue weighted by molar-refractivity contribution is 7.99. The molecule has 4 nitrogen and oxygen atoms in total. The molecule has 0 atom stereocenters. The molecular weight excluding hydrogens is 262 g/mol. The number of aliphatic hydroxyl groups excluding tert-OH is 1. The summed E-state index contributed by atoms with van der Waals surface area (Å²) in [4.78, 5) is 11.6. The summed E-state index contributed by atoms with van der Waals surface area (Å²) >= 11 is 7.20. The number of ether oxygens (including phenoxy) is 1. The Kier molecular flexibility index (Phi) is 6.18. The maximum absolute atomic E-state index is 11.6. The van der Waals surface area contributed by atoms with Crippen LogP contribution in [0.15, 0.2) is 18.2 Å². The van der Waals surface area contributed by atoms with Crippen molar-refractivity contribution in [2.24, 2.45) is 0 Å². The standard InChI is InChI=1S/C11H14ClNO3S/c1-16-10-3-2-8(12)6-9(10)13-11(15)7-17-5-4-14/h2-3,6,14H,4-5,7H2,1H3,(H,13,15). The second-order valence-electron chi connectivity index (χ2n) is 3.17. The molecule has 0 aliphatic heterocycles. The molecule has 0 spiro atoms. The highest BCUT2D eigenvalue weighted by Crippen LogP contribution is 2.27. The van der Waals surface area contributed by atoms with Gasteiger partial charge in [0.15, 0.2) is 0 Å². The molecule has 0 aromatic heterocycles. The van der Waals surface area contributed by atoms with Crippen molar-refractivity contribution in [3.63, 3.8) is 0 Å². The molecule has 0 radical (unpaired) electrons. The third-order valence-corrected chi connectivity index (χ3v) is 3.08. The molecule has 17 heavy (non-hydrogen) atoms. The summed E-state index contributed by atoms with van der Waals surface area (Å²) in [6, 6.07) is 5.02. The van der Waals surface area contributed by atoms with Crippen molar-refractivity contribution < 1.29 is 14.6 Å². The van der Waals surface area contributed by atoms with E-state index in [4.69, 9.17) is 21.4 Å². The van der Waals surface area contributed by atoms with Gasteiger partial charge in [0.05, 0.1) is 25.2 Å². The Bertz CT molecular complexity index is 387. The Morgan fingerprint density at radius 3 is 3.00 bits per heavy atom. The number of benzene rings is 1. The van der Waals surface area contributed by atoms with Gasteiger partial charge >= 0.3 is 0 Å². The molecule has 0 heterocycles. The van der Waals surface area contributed by atoms with Crippen molar-refractivity contribution in [1.29, 1.82) is 0 Å². The van der Waals surface area contributed by atoms with E-state index in [-0.39, 0.29) is 18.3 Å². The number of amides is 1. The fourth-order valence-electron chi connectivity index (χ4n) is 1.19. The smallest absolute Gasteiger partial charge is 0.234 e. The highest BCUT2D eigenvalue weighted by Gasteiger charge is 2.08. The first-order chi connectivity index (χ1) is 8.17. The Hall–Kier alpha value is -0.910. The summed E-state index contributed by atoms with van der Waals surface area (Å²) in [6.07, 6.45) is 0. The molecule has 0 unspecified atom stereocenters. The van der Waals surface area contributed by atoms with Gasteiger partial charge in [0, 0.05) is 10.8 Å². The fraction of sp³-hybridized carbons (Fsp3) is 0.364. The zero-order valence-corrected chi connectivity index (χ0v) is 11.0. The maximum Gasteiger partial charge on any atom is 0.234 e. The molecule has 0 fully saturated rings. The number of thioether (sulfide) groups is 1. The molecule has 1 amide bonds. The van der Waals surface area contributed by atoms with Crippen LogP contribution < -0.4 is 10.1 Å². The van der Waals surface area contributed by atoms with Crippen LogP contribution in [-0.4, -0.2) is 36.2 Å². The Labute approximate surface area is 109 Å². The van der Waals surface area contributed by atoms with Crippen molar-refractivity contribution in [2.75, 3.05) is 30.5 Å². The van der Waals surface area contributed by atoms with Crippen LogP contribution in [0, 0.1) is 0 Å². The number of rotatable bonds is 6. The van der Waals surface area contributed by atoms with Gasteiger partial charge in [-0.05, 0) is 18.2 Å². The summed E-state index contributed by atoms with van der Waals surface area (Å²) in [5.74, 6) is 1.25. The minimum absolute atomic E-state index is 0.0679. The van der Waals surface area contributed by atoms with E-state index in [9.17, 15) is 4.79 Å². The average molecular weight is 276 g/mol. The molecule has 1 aromatic rings. The van der Waals surface area contributed by atoms with Gasteiger partial charge in [0.1, 0.15) is 5.75 Å². The number of methoxy groups -OCH3 is 1. The number of nitrogens with one attached hydrogen (secondary N) is 1. The van der Waals surface area contributed by atoms with Crippen LogP contribution >= 0.6 is 23.4 Å². The van der Waals surface area contributed by atoms with Crippen LogP contribution in [0.4, 0.5) is 5.69 Å². The van der Waals surface area contributed by atoms with Crippen LogP contribution in [0.25, 0.3) is 0 Å². The van der Waals surface area contributed by atoms with Crippen LogP contribution in [0.1, 0.15) is 0 Å². The van der Waals surface area contributed by atoms with Crippen molar-refractivity contribution in [2.45, 2.75) is 0 Å². The summed E-state index contributed by atoms with van der Waals surface area (Å²) < 4.78 is 5.11. The normalized spacial score (nSPS) is 10.1. The van der Waals surface area contributed by atoms with Gasteiger partial charge in [0.2, 0.25) is 5.91 Å². The first-order valence-corrected chi connectivity index (χ1v) is 6.52. The second-order valence-corrected chi connectivity index (χ2v) is 4.71. The van der Waals surface area contributed by atoms with E-state index in [2.05, 4.69) is 5.32 Å². The zero-order chi connectivity index (χ0) is 12.7. The minimum atomic E-state index is -0.149. The number of hydrogen-bond donors (Lipinski definition) is 2. The maximum atomic E-state index is 11.6. The van der Waals surface area contributed by atoms with Crippen molar-refractivity contribution in [3.05, 3.63) is 23.2 Å². The van der Waals surface area contributed by atoms with Gasteiger partial charge in [0.25, 0.3) is 0 Å². The number of halogens is 1. The average Bonchev–Trinajstić information content (AvgIpc) is 2.29. The van der Waals surface area contributed by atoms with Crippen molar-refractivity contribution in [3.8, 4) is 5.75 Å². The summed E-state index contributed by atoms with van der Waals surface area (Å²) in [6.45, 7) is 0.0679. The Balaban J connectivity index is 2.60. The van der Waals surface area contributed by atoms with Crippen molar-refractivity contribution in [1.82, 2.24) is 0 Å². The van der Waals surface area contributed by atoms with Gasteiger partial charge in [-0.25, -0.2) is 0 Å². The molecular formula is C11H14ClNO3S. The van der Waals surface area contributed by atoms with E-state index in [1.54, 1.807) is 18.2 Å². The van der Waals surface area contributed by atoms with E-state index < -0.39 is 0 Å². The lowest BCUT2D eigenvalue weighted by Gasteiger charge is -2.10. The number of aliphatic hydroxyl groups is 1. The lowest BCUT2D eigenvalue weighted by atomic mass is 10.3. The van der Waals surface area contributed by atoms with Crippen molar-refractivity contribution >= 4 is 35.0 Å². The van der Waals surface area contributed by atoms with Gasteiger partial charge in [-0.1, -0.05) is 11.6 Å². The van der Waals surface area contributed by atoms with E-state index in [0.717, 1.165) is 0 Å². The number of hydrogen-bond acceptors (Lipinski definition) is 4. The molecule has 6 heteroatoms. The molecule has 1 aromatic carbocycles. The third kappa shape index (κ3) is 4.85. The zero-order valence-electron chi connectivity index (χ0n) is 9.40. The van der Waals surface area contributed by atoms with Crippen LogP contribution in [0.5, 0.6) is 5.75 Å². The number of anilines is 1. The van der Waals surface area contributed by atoms with Crippen LogP contribution in [-0.2, 0) is 4.79 Å². The molecule has 0 aliphatic rings. The SMILES string of the molecule is COc1ccc(Cl)cc1NC(=O)CSCCO. The quantitative estimate of drug-likeness (QED) is 0.780. The van der Waals surface area contributed by atoms with Crippen LogP contribution in [0.2, 0.25) is 5.02 Å². The van der Waals surface area contributed by atoms with Gasteiger partial charge in [-0.3, -0.25) is 4.79 Å². The molecule has 94 valence electrons. The third-order valence-electron chi connectivity index (χ3n) is 1.90. The number of carbonyl (C=O) groups excluding carboxylic acids is 1. The first-order valence-electron chi connectivity index (χ1n) is 4.99. The largest absolute Gasteiger partial charge is 0.495 e. The predicted molar refractivity (Wildman–Crippen MR) is 71.0 cm³/mol. The number of carbonyl (C=O) groups is 1. The fourth-order valence-corrected chi connectivity index (χ4v) is 1.90. The lowest BCUT2D eigenvalue weighted by molar-refractivity contribution is -0.113. The summed E-state index contributed by atoms with van der Waals surface area (Å²) in [5.41, 5.74) is 0.551. The lowest BCUT2D eigenvalue weighted by Crippen LogP contribution is -2.15. The van der Waals surface area contributed by atoms with Gasteiger partial charge in [-0.2, -0.15) is 0 Å². The van der Waals surface area contributed by atoms with E-state index in [1.165, 1.54) is 18.9 Å². The molecule has 2 N–H and O–H groups in total. The summed E-state index contributed by atoms with van der Waals surface area (Å²) in [5, 5.41) is 11.8. The molecule has 0 bridgehead atoms. The Morgan fingerprint density at radius 2 is 2.35 bits per heavy atom. The highest BCUT2D eigenvalue weighted by atomic mass is 35.5. The van der Waals surface area contributed by atoms with E-state index in [0.29, 0.717) is 22.2 Å². The molecule has 0 saturated heterocycles. The van der Waals surface area contributed by atoms with E-state index >= 15 is 0 Å². The van der Waals surface area contributed by atoms with Gasteiger partial charge < -0.3 is 15.2 Å². The van der Waals surface area contributed by atoms with E-state index in [1.807, 2.05) is 0 Å². The first kappa shape index (κ1) is 14.2. The molecule has 0 saturated carbocycles. The Morgan fingerprint density at radius 1 is 1.59 bits per heavy atom. The van der Waals surface area contributed by atoms with Gasteiger partial charge in [-0.15, -0.1) is 11.8 Å². The second kappa shape index (κ2) is 7.42. The monoisotopic (exact) mass is 275 g/mol. The topological polar surface area (TPSA) is 58.6 Å². The van der Waals surface area contributed by atoms with Crippen LogP contribution in [0.3, 0.4) is 0 Å². The molecule has 0 aliphatic carbocycles. The molecule has 1 rings (SSSR count). The minimum Gasteiger partial charge on any atom is -0.495 e. The predicted octanol–water partition coefficient (Wildman–Crippen LogP) is 2.01.